The zero-order valence-electron chi connectivity index (χ0n) is 14.9. The molecule has 0 fully saturated rings. The van der Waals surface area contributed by atoms with Gasteiger partial charge in [-0.2, -0.15) is 5.26 Å². The van der Waals surface area contributed by atoms with E-state index in [2.05, 4.69) is 27.6 Å². The first-order valence-corrected chi connectivity index (χ1v) is 9.74. The molecule has 0 aliphatic heterocycles. The van der Waals surface area contributed by atoms with Gasteiger partial charge in [-0.05, 0) is 59.0 Å². The van der Waals surface area contributed by atoms with Crippen molar-refractivity contribution in [1.82, 2.24) is 9.55 Å². The molecule has 0 amide bonds. The average Bonchev–Trinajstić information content (AvgIpc) is 3.29. The fourth-order valence-corrected chi connectivity index (χ4v) is 3.65. The maximum absolute atomic E-state index is 12.2. The molecule has 0 radical (unpaired) electrons. The van der Waals surface area contributed by atoms with Crippen molar-refractivity contribution in [2.45, 2.75) is 0 Å². The second kappa shape index (κ2) is 7.42. The lowest BCUT2D eigenvalue weighted by atomic mass is 10.2. The molecule has 2 N–H and O–H groups in total. The van der Waals surface area contributed by atoms with Crippen LogP contribution >= 0.6 is 34.2 Å². The van der Waals surface area contributed by atoms with E-state index >= 15 is 0 Å². The number of benzene rings is 2. The molecule has 2 heterocycles. The van der Waals surface area contributed by atoms with Crippen LogP contribution in [0.5, 0.6) is 0 Å². The van der Waals surface area contributed by atoms with E-state index in [0.717, 1.165) is 3.57 Å². The molecule has 2 aromatic heterocycles. The number of carbonyl (C=O) groups excluding carboxylic acids is 1. The molecule has 0 aliphatic rings. The molecule has 0 bridgehead atoms. The van der Waals surface area contributed by atoms with Gasteiger partial charge in [0.15, 0.2) is 11.3 Å². The van der Waals surface area contributed by atoms with Gasteiger partial charge >= 0.3 is 5.97 Å². The number of rotatable bonds is 3. The van der Waals surface area contributed by atoms with Crippen LogP contribution in [0.4, 0.5) is 5.69 Å². The normalized spacial score (nSPS) is 10.8. The summed E-state index contributed by atoms with van der Waals surface area (Å²) >= 11 is 8.48. The number of hydrogen-bond acceptors (Lipinski definition) is 6. The number of halogens is 2. The topological polar surface area (TPSA) is 107 Å². The molecule has 0 atom stereocenters. The van der Waals surface area contributed by atoms with Crippen LogP contribution in [0.3, 0.4) is 0 Å². The van der Waals surface area contributed by atoms with E-state index in [1.807, 2.05) is 18.2 Å². The van der Waals surface area contributed by atoms with Crippen LogP contribution in [-0.4, -0.2) is 22.6 Å². The molecular formula is C20H12ClIN4O3. The summed E-state index contributed by atoms with van der Waals surface area (Å²) < 4.78 is 13.2. The third-order valence-electron chi connectivity index (χ3n) is 4.35. The van der Waals surface area contributed by atoms with Crippen LogP contribution in [0.2, 0.25) is 5.02 Å². The highest BCUT2D eigenvalue weighted by Gasteiger charge is 2.22. The Balaban J connectivity index is 1.87. The third-order valence-corrected chi connectivity index (χ3v) is 5.35. The smallest absolute Gasteiger partial charge is 0.357 e. The molecule has 7 nitrogen and oxygen atoms in total. The second-order valence-corrected chi connectivity index (χ2v) is 7.73. The molecule has 4 rings (SSSR count). The van der Waals surface area contributed by atoms with Crippen LogP contribution in [0.1, 0.15) is 16.1 Å². The highest BCUT2D eigenvalue weighted by atomic mass is 127. The Kier molecular flexibility index (Phi) is 4.94. The van der Waals surface area contributed by atoms with Crippen LogP contribution in [0.15, 0.2) is 47.0 Å². The summed E-state index contributed by atoms with van der Waals surface area (Å²) in [6.07, 6.45) is 1.49. The molecule has 0 saturated heterocycles. The molecule has 4 aromatic rings. The SMILES string of the molecule is COC(=O)c1c(N)c(C#N)cn1-c1ccc2oc(-c3cc(I)ccc3Cl)nc2c1. The van der Waals surface area contributed by atoms with E-state index in [9.17, 15) is 10.1 Å². The number of nitrogens with two attached hydrogens (primary N) is 1. The predicted molar refractivity (Wildman–Crippen MR) is 117 cm³/mol. The van der Waals surface area contributed by atoms with Gasteiger partial charge in [0.25, 0.3) is 0 Å². The summed E-state index contributed by atoms with van der Waals surface area (Å²) in [5.41, 5.74) is 8.66. The fourth-order valence-electron chi connectivity index (χ4n) is 2.96. The van der Waals surface area contributed by atoms with Crippen molar-refractivity contribution in [2.24, 2.45) is 0 Å². The zero-order chi connectivity index (χ0) is 20.7. The molecule has 9 heteroatoms. The van der Waals surface area contributed by atoms with Gasteiger partial charge in [0.2, 0.25) is 5.89 Å². The number of anilines is 1. The van der Waals surface area contributed by atoms with Gasteiger partial charge in [-0.1, -0.05) is 11.6 Å². The first-order chi connectivity index (χ1) is 13.9. The number of methoxy groups -OCH3 is 1. The van der Waals surface area contributed by atoms with Gasteiger partial charge in [0, 0.05) is 15.5 Å². The van der Waals surface area contributed by atoms with E-state index < -0.39 is 5.97 Å². The molecular weight excluding hydrogens is 507 g/mol. The summed E-state index contributed by atoms with van der Waals surface area (Å²) in [6, 6.07) is 12.7. The van der Waals surface area contributed by atoms with Gasteiger partial charge in [-0.15, -0.1) is 0 Å². The molecule has 0 spiro atoms. The number of hydrogen-bond donors (Lipinski definition) is 1. The van der Waals surface area contributed by atoms with Crippen molar-refractivity contribution in [2.75, 3.05) is 12.8 Å². The maximum atomic E-state index is 12.2. The lowest BCUT2D eigenvalue weighted by molar-refractivity contribution is 0.0593. The minimum atomic E-state index is -0.643. The van der Waals surface area contributed by atoms with Gasteiger partial charge in [0.1, 0.15) is 11.6 Å². The van der Waals surface area contributed by atoms with Crippen LogP contribution in [0.25, 0.3) is 28.2 Å². The van der Waals surface area contributed by atoms with E-state index in [1.165, 1.54) is 17.9 Å². The van der Waals surface area contributed by atoms with E-state index in [-0.39, 0.29) is 16.9 Å². The second-order valence-electron chi connectivity index (χ2n) is 6.07. The standard InChI is InChI=1S/C20H12ClIN4O3/c1-28-20(27)18-17(24)10(8-23)9-26(18)12-3-5-16-15(7-12)25-19(29-16)13-6-11(22)2-4-14(13)21/h2-7,9H,24H2,1H3. The Morgan fingerprint density at radius 2 is 2.14 bits per heavy atom. The highest BCUT2D eigenvalue weighted by Crippen LogP contribution is 2.33. The zero-order valence-corrected chi connectivity index (χ0v) is 17.9. The Labute approximate surface area is 183 Å². The minimum Gasteiger partial charge on any atom is -0.464 e. The van der Waals surface area contributed by atoms with E-state index in [1.54, 1.807) is 24.3 Å². The van der Waals surface area contributed by atoms with Crippen molar-refractivity contribution in [3.63, 3.8) is 0 Å². The third kappa shape index (κ3) is 3.32. The maximum Gasteiger partial charge on any atom is 0.357 e. The van der Waals surface area contributed by atoms with Crippen molar-refractivity contribution in [3.05, 3.63) is 62.4 Å². The average molecular weight is 519 g/mol. The number of carbonyl (C=O) groups is 1. The largest absolute Gasteiger partial charge is 0.464 e. The number of oxazole rings is 1. The van der Waals surface area contributed by atoms with Gasteiger partial charge in [0.05, 0.1) is 28.9 Å². The minimum absolute atomic E-state index is 0.0610. The quantitative estimate of drug-likeness (QED) is 0.309. The molecule has 144 valence electrons. The van der Waals surface area contributed by atoms with E-state index in [0.29, 0.717) is 33.3 Å². The van der Waals surface area contributed by atoms with Crippen molar-refractivity contribution in [3.8, 4) is 23.2 Å². The van der Waals surface area contributed by atoms with E-state index in [4.69, 9.17) is 26.5 Å². The first-order valence-electron chi connectivity index (χ1n) is 8.28. The number of nitrogens with zero attached hydrogens (tertiary/aromatic N) is 3. The number of nitriles is 1. The summed E-state index contributed by atoms with van der Waals surface area (Å²) in [4.78, 5) is 16.7. The van der Waals surface area contributed by atoms with Crippen molar-refractivity contribution in [1.29, 1.82) is 5.26 Å². The van der Waals surface area contributed by atoms with Gasteiger partial charge < -0.3 is 19.5 Å². The fraction of sp³-hybridized carbons (Fsp3) is 0.0500. The number of aromatic nitrogens is 2. The Hall–Kier alpha value is -3.03. The van der Waals surface area contributed by atoms with Gasteiger partial charge in [-0.25, -0.2) is 9.78 Å². The van der Waals surface area contributed by atoms with Crippen molar-refractivity contribution >= 4 is 56.9 Å². The summed E-state index contributed by atoms with van der Waals surface area (Å²) in [7, 11) is 1.25. The monoisotopic (exact) mass is 518 g/mol. The molecule has 2 aromatic carbocycles. The van der Waals surface area contributed by atoms with Crippen LogP contribution in [-0.2, 0) is 4.74 Å². The summed E-state index contributed by atoms with van der Waals surface area (Å²) in [6.45, 7) is 0. The van der Waals surface area contributed by atoms with Crippen molar-refractivity contribution < 1.29 is 13.9 Å². The highest BCUT2D eigenvalue weighted by molar-refractivity contribution is 14.1. The lowest BCUT2D eigenvalue weighted by Crippen LogP contribution is -2.11. The van der Waals surface area contributed by atoms with Crippen LogP contribution < -0.4 is 5.73 Å². The summed E-state index contributed by atoms with van der Waals surface area (Å²) in [5, 5.41) is 9.80. The number of esters is 1. The Bertz CT molecular complexity index is 1320. The van der Waals surface area contributed by atoms with Gasteiger partial charge in [-0.3, -0.25) is 0 Å². The predicted octanol–water partition coefficient (Wildman–Crippen LogP) is 4.78. The number of nitrogen functional groups attached to an aromatic ring is 1. The lowest BCUT2D eigenvalue weighted by Gasteiger charge is -2.08. The summed E-state index contributed by atoms with van der Waals surface area (Å²) in [5.74, 6) is -0.255. The molecule has 29 heavy (non-hydrogen) atoms. The Morgan fingerprint density at radius 3 is 2.86 bits per heavy atom. The molecule has 0 unspecified atom stereocenters. The first kappa shape index (κ1) is 19.3. The number of ether oxygens (including phenoxy) is 1. The number of fused-ring (bicyclic) bond motifs is 1. The Morgan fingerprint density at radius 1 is 1.34 bits per heavy atom. The van der Waals surface area contributed by atoms with Crippen LogP contribution in [0, 0.1) is 14.9 Å². The molecule has 0 saturated carbocycles. The molecule has 0 aliphatic carbocycles.